The number of carbonyl (C=O) groups excluding carboxylic acids is 1. The molecule has 2 aromatic rings. The Balaban J connectivity index is 1.99. The predicted octanol–water partition coefficient (Wildman–Crippen LogP) is 2.66. The van der Waals surface area contributed by atoms with Crippen LogP contribution in [-0.4, -0.2) is 27.1 Å². The van der Waals surface area contributed by atoms with Gasteiger partial charge < -0.3 is 0 Å². The van der Waals surface area contributed by atoms with E-state index in [0.717, 1.165) is 33.4 Å². The summed E-state index contributed by atoms with van der Waals surface area (Å²) in [4.78, 5) is 12.0. The molecular formula is C20H25N3O3S. The third-order valence-corrected chi connectivity index (χ3v) is 5.98. The van der Waals surface area contributed by atoms with Crippen molar-refractivity contribution in [3.8, 4) is 0 Å². The predicted molar refractivity (Wildman–Crippen MR) is 107 cm³/mol. The maximum Gasteiger partial charge on any atom is 0.255 e. The molecule has 0 bridgehead atoms. The molecule has 0 unspecified atom stereocenters. The normalized spacial score (nSPS) is 11.7. The van der Waals surface area contributed by atoms with Gasteiger partial charge in [-0.1, -0.05) is 23.8 Å². The van der Waals surface area contributed by atoms with Gasteiger partial charge in [-0.05, 0) is 69.0 Å². The van der Waals surface area contributed by atoms with Gasteiger partial charge in [-0.25, -0.2) is 18.6 Å². The van der Waals surface area contributed by atoms with Crippen LogP contribution in [0.15, 0.2) is 40.3 Å². The Hall–Kier alpha value is -2.51. The lowest BCUT2D eigenvalue weighted by atomic mass is 9.95. The Morgan fingerprint density at radius 3 is 2.11 bits per heavy atom. The summed E-state index contributed by atoms with van der Waals surface area (Å²) >= 11 is 0. The Labute approximate surface area is 160 Å². The van der Waals surface area contributed by atoms with Crippen LogP contribution in [0.25, 0.3) is 0 Å². The topological polar surface area (TPSA) is 87.6 Å². The van der Waals surface area contributed by atoms with Crippen LogP contribution in [-0.2, 0) is 14.8 Å². The first-order chi connectivity index (χ1) is 12.6. The number of benzene rings is 2. The van der Waals surface area contributed by atoms with Gasteiger partial charge >= 0.3 is 0 Å². The number of aryl methyl sites for hydroxylation is 3. The van der Waals surface area contributed by atoms with E-state index in [1.165, 1.54) is 12.1 Å². The number of nitrogens with one attached hydrogen (secondary N) is 2. The Bertz CT molecular complexity index is 952. The van der Waals surface area contributed by atoms with Crippen molar-refractivity contribution in [3.05, 3.63) is 63.7 Å². The molecule has 0 aliphatic heterocycles. The third-order valence-electron chi connectivity index (χ3n) is 4.56. The van der Waals surface area contributed by atoms with Gasteiger partial charge in [-0.15, -0.1) is 0 Å². The number of hydrogen-bond donors (Lipinski definition) is 2. The van der Waals surface area contributed by atoms with Gasteiger partial charge in [0.15, 0.2) is 0 Å². The van der Waals surface area contributed by atoms with Gasteiger partial charge in [0.25, 0.3) is 5.91 Å². The van der Waals surface area contributed by atoms with Crippen molar-refractivity contribution in [1.82, 2.24) is 10.1 Å². The molecule has 0 saturated heterocycles. The first-order valence-electron chi connectivity index (χ1n) is 8.57. The molecule has 6 nitrogen and oxygen atoms in total. The van der Waals surface area contributed by atoms with Crippen molar-refractivity contribution in [2.24, 2.45) is 5.10 Å². The molecular weight excluding hydrogens is 362 g/mol. The van der Waals surface area contributed by atoms with Crippen LogP contribution < -0.4 is 10.1 Å². The standard InChI is InChI=1S/C20H25N3O3S/c1-13-6-8-18(9-7-13)27(25,26)22-12-20(24)23-21-11-19-16(4)14(2)10-15(3)17(19)5/h6-11,22H,12H2,1-5H3,(H,23,24)/b21-11+. The van der Waals surface area contributed by atoms with Crippen molar-refractivity contribution < 1.29 is 13.2 Å². The van der Waals surface area contributed by atoms with E-state index >= 15 is 0 Å². The summed E-state index contributed by atoms with van der Waals surface area (Å²) in [6.45, 7) is 9.53. The van der Waals surface area contributed by atoms with Gasteiger partial charge in [0.2, 0.25) is 10.0 Å². The summed E-state index contributed by atoms with van der Waals surface area (Å²) in [6, 6.07) is 8.51. The van der Waals surface area contributed by atoms with Crippen LogP contribution in [0.1, 0.15) is 33.4 Å². The van der Waals surface area contributed by atoms with E-state index in [4.69, 9.17) is 0 Å². The summed E-state index contributed by atoms with van der Waals surface area (Å²) in [5.74, 6) is -0.540. The van der Waals surface area contributed by atoms with Gasteiger partial charge in [-0.3, -0.25) is 4.79 Å². The fraction of sp³-hybridized carbons (Fsp3) is 0.300. The lowest BCUT2D eigenvalue weighted by Gasteiger charge is -2.11. The second-order valence-electron chi connectivity index (χ2n) is 6.60. The largest absolute Gasteiger partial charge is 0.272 e. The Morgan fingerprint density at radius 2 is 1.56 bits per heavy atom. The molecule has 0 fully saturated rings. The molecule has 0 aromatic heterocycles. The summed E-state index contributed by atoms with van der Waals surface area (Å²) in [6.07, 6.45) is 1.59. The molecule has 7 heteroatoms. The van der Waals surface area contributed by atoms with E-state index < -0.39 is 22.5 Å². The lowest BCUT2D eigenvalue weighted by molar-refractivity contribution is -0.119. The summed E-state index contributed by atoms with van der Waals surface area (Å²) in [5.41, 5.74) is 8.76. The quantitative estimate of drug-likeness (QED) is 0.590. The zero-order chi connectivity index (χ0) is 20.2. The number of rotatable bonds is 6. The van der Waals surface area contributed by atoms with Crippen molar-refractivity contribution in [3.63, 3.8) is 0 Å². The number of amides is 1. The Kier molecular flexibility index (Phi) is 6.51. The highest BCUT2D eigenvalue weighted by Crippen LogP contribution is 2.19. The maximum absolute atomic E-state index is 12.2. The third kappa shape index (κ3) is 5.24. The van der Waals surface area contributed by atoms with Gasteiger partial charge in [0.1, 0.15) is 0 Å². The zero-order valence-corrected chi connectivity index (χ0v) is 17.1. The minimum atomic E-state index is -3.74. The molecule has 0 atom stereocenters. The lowest BCUT2D eigenvalue weighted by Crippen LogP contribution is -2.34. The molecule has 2 aromatic carbocycles. The second-order valence-corrected chi connectivity index (χ2v) is 8.37. The molecule has 0 aliphatic carbocycles. The summed E-state index contributed by atoms with van der Waals surface area (Å²) in [7, 11) is -3.74. The number of nitrogens with zero attached hydrogens (tertiary/aromatic N) is 1. The molecule has 0 spiro atoms. The highest BCUT2D eigenvalue weighted by molar-refractivity contribution is 7.89. The number of carbonyl (C=O) groups is 1. The first kappa shape index (κ1) is 20.8. The zero-order valence-electron chi connectivity index (χ0n) is 16.3. The van der Waals surface area contributed by atoms with Crippen molar-refractivity contribution in [1.29, 1.82) is 0 Å². The van der Waals surface area contributed by atoms with Crippen LogP contribution >= 0.6 is 0 Å². The highest BCUT2D eigenvalue weighted by atomic mass is 32.2. The maximum atomic E-state index is 12.2. The average molecular weight is 388 g/mol. The van der Waals surface area contributed by atoms with E-state index in [9.17, 15) is 13.2 Å². The minimum Gasteiger partial charge on any atom is -0.272 e. The van der Waals surface area contributed by atoms with Gasteiger partial charge in [-0.2, -0.15) is 5.10 Å². The van der Waals surface area contributed by atoms with Crippen molar-refractivity contribution >= 4 is 22.1 Å². The van der Waals surface area contributed by atoms with Crippen LogP contribution in [0.5, 0.6) is 0 Å². The van der Waals surface area contributed by atoms with Gasteiger partial charge in [0.05, 0.1) is 17.7 Å². The van der Waals surface area contributed by atoms with E-state index in [2.05, 4.69) is 21.3 Å². The monoisotopic (exact) mass is 387 g/mol. The number of hydrazone groups is 1. The fourth-order valence-corrected chi connectivity index (χ4v) is 3.59. The van der Waals surface area contributed by atoms with Gasteiger partial charge in [0, 0.05) is 5.56 Å². The molecule has 1 amide bonds. The summed E-state index contributed by atoms with van der Waals surface area (Å²) in [5, 5.41) is 3.97. The van der Waals surface area contributed by atoms with E-state index in [0.29, 0.717) is 0 Å². The second kappa shape index (κ2) is 8.45. The van der Waals surface area contributed by atoms with E-state index in [1.54, 1.807) is 18.3 Å². The van der Waals surface area contributed by atoms with Crippen LogP contribution in [0, 0.1) is 34.6 Å². The van der Waals surface area contributed by atoms with E-state index in [1.807, 2.05) is 34.6 Å². The number of sulfonamides is 1. The smallest absolute Gasteiger partial charge is 0.255 e. The molecule has 2 N–H and O–H groups in total. The molecule has 0 aliphatic rings. The molecule has 0 saturated carbocycles. The molecule has 2 rings (SSSR count). The fourth-order valence-electron chi connectivity index (χ4n) is 2.61. The highest BCUT2D eigenvalue weighted by Gasteiger charge is 2.15. The van der Waals surface area contributed by atoms with Crippen molar-refractivity contribution in [2.75, 3.05) is 6.54 Å². The van der Waals surface area contributed by atoms with E-state index in [-0.39, 0.29) is 4.90 Å². The first-order valence-corrected chi connectivity index (χ1v) is 10.1. The average Bonchev–Trinajstić information content (AvgIpc) is 2.61. The van der Waals surface area contributed by atoms with Crippen LogP contribution in [0.3, 0.4) is 0 Å². The Morgan fingerprint density at radius 1 is 1.00 bits per heavy atom. The molecule has 0 heterocycles. The van der Waals surface area contributed by atoms with Crippen molar-refractivity contribution in [2.45, 2.75) is 39.5 Å². The van der Waals surface area contributed by atoms with Crippen LogP contribution in [0.2, 0.25) is 0 Å². The molecule has 144 valence electrons. The minimum absolute atomic E-state index is 0.117. The number of hydrogen-bond acceptors (Lipinski definition) is 4. The van der Waals surface area contributed by atoms with Crippen LogP contribution in [0.4, 0.5) is 0 Å². The SMILES string of the molecule is Cc1ccc(S(=O)(=O)NCC(=O)N/N=C/c2c(C)c(C)cc(C)c2C)cc1. The summed E-state index contributed by atoms with van der Waals surface area (Å²) < 4.78 is 26.6. The molecule has 0 radical (unpaired) electrons. The molecule has 27 heavy (non-hydrogen) atoms.